The lowest BCUT2D eigenvalue weighted by Crippen LogP contribution is -2.52. The highest BCUT2D eigenvalue weighted by Gasteiger charge is 2.43. The summed E-state index contributed by atoms with van der Waals surface area (Å²) in [6.45, 7) is 0.285. The number of hydrogen-bond donors (Lipinski definition) is 1. The van der Waals surface area contributed by atoms with Gasteiger partial charge in [0.2, 0.25) is 5.96 Å². The predicted octanol–water partition coefficient (Wildman–Crippen LogP) is 6.90. The molecule has 1 atom stereocenters. The van der Waals surface area contributed by atoms with E-state index in [-0.39, 0.29) is 43.3 Å². The summed E-state index contributed by atoms with van der Waals surface area (Å²) in [6.07, 6.45) is -5.03. The van der Waals surface area contributed by atoms with E-state index < -0.39 is 41.7 Å². The van der Waals surface area contributed by atoms with Crippen LogP contribution in [0.15, 0.2) is 58.9 Å². The maximum absolute atomic E-state index is 15.9. The smallest absolute Gasteiger partial charge is 0.416 e. The zero-order valence-electron chi connectivity index (χ0n) is 20.7. The molecule has 0 spiro atoms. The number of aliphatic carboxylic acids is 1. The molecule has 1 fully saturated rings. The topological polar surface area (TPSA) is 65.4 Å². The van der Waals surface area contributed by atoms with Gasteiger partial charge in [-0.3, -0.25) is 9.69 Å². The molecule has 12 heteroatoms. The van der Waals surface area contributed by atoms with Crippen LogP contribution in [0.5, 0.6) is 5.75 Å². The zero-order valence-corrected chi connectivity index (χ0v) is 21.5. The first-order valence-electron chi connectivity index (χ1n) is 12.1. The Balaban J connectivity index is 1.58. The number of hydrogen-bond acceptors (Lipinski definition) is 6. The maximum atomic E-state index is 15.9. The molecule has 0 saturated carbocycles. The third kappa shape index (κ3) is 5.17. The molecule has 3 heterocycles. The fourth-order valence-electron chi connectivity index (χ4n) is 5.08. The molecule has 0 aliphatic carbocycles. The highest BCUT2D eigenvalue weighted by Crippen LogP contribution is 2.48. The maximum Gasteiger partial charge on any atom is 0.416 e. The molecule has 2 aliphatic heterocycles. The molecule has 3 aromatic rings. The first-order chi connectivity index (χ1) is 18.5. The Kier molecular flexibility index (Phi) is 7.00. The van der Waals surface area contributed by atoms with E-state index in [0.29, 0.717) is 16.1 Å². The normalized spacial score (nSPS) is 18.9. The van der Waals surface area contributed by atoms with Crippen LogP contribution >= 0.6 is 11.3 Å². The lowest BCUT2D eigenvalue weighted by Gasteiger charge is -2.45. The molecule has 206 valence electrons. The van der Waals surface area contributed by atoms with Crippen LogP contribution in [-0.2, 0) is 16.6 Å². The second kappa shape index (κ2) is 10.1. The fourth-order valence-corrected chi connectivity index (χ4v) is 6.00. The SMILES string of the molecule is COc1ccc(C(F)(F)F)cc1N1C(N2CCC(F)(c3ccc(F)cc3)CC2)=Nc2ccsc2[C@@H]1CC(=O)O. The van der Waals surface area contributed by atoms with Crippen molar-refractivity contribution in [1.82, 2.24) is 4.90 Å². The van der Waals surface area contributed by atoms with E-state index in [9.17, 15) is 27.5 Å². The van der Waals surface area contributed by atoms with E-state index in [1.54, 1.807) is 16.3 Å². The molecule has 1 saturated heterocycles. The molecular formula is C27H24F5N3O3S. The number of carboxylic acids is 1. The Labute approximate surface area is 225 Å². The Morgan fingerprint density at radius 1 is 1.15 bits per heavy atom. The first-order valence-corrected chi connectivity index (χ1v) is 13.0. The summed E-state index contributed by atoms with van der Waals surface area (Å²) in [5.41, 5.74) is -1.80. The second-order valence-electron chi connectivity index (χ2n) is 9.41. The highest BCUT2D eigenvalue weighted by molar-refractivity contribution is 7.10. The number of piperidine rings is 1. The first kappa shape index (κ1) is 26.9. The Morgan fingerprint density at radius 3 is 2.46 bits per heavy atom. The van der Waals surface area contributed by atoms with E-state index in [0.717, 1.165) is 12.1 Å². The van der Waals surface area contributed by atoms with Crippen molar-refractivity contribution < 1.29 is 36.6 Å². The molecule has 6 nitrogen and oxygen atoms in total. The van der Waals surface area contributed by atoms with Crippen LogP contribution in [0.1, 0.15) is 41.3 Å². The van der Waals surface area contributed by atoms with Gasteiger partial charge in [-0.15, -0.1) is 11.3 Å². The molecule has 0 unspecified atom stereocenters. The molecule has 0 bridgehead atoms. The van der Waals surface area contributed by atoms with Gasteiger partial charge in [0.25, 0.3) is 0 Å². The molecule has 2 aliphatic rings. The van der Waals surface area contributed by atoms with Crippen molar-refractivity contribution in [3.05, 3.63) is 75.7 Å². The summed E-state index contributed by atoms with van der Waals surface area (Å²) < 4.78 is 75.9. The number of benzene rings is 2. The Morgan fingerprint density at radius 2 is 1.85 bits per heavy atom. The second-order valence-corrected chi connectivity index (χ2v) is 10.4. The van der Waals surface area contributed by atoms with Gasteiger partial charge in [0, 0.05) is 25.9 Å². The number of ether oxygens (including phenoxy) is 1. The van der Waals surface area contributed by atoms with Gasteiger partial charge in [0.05, 0.1) is 41.4 Å². The van der Waals surface area contributed by atoms with Crippen LogP contribution in [0.25, 0.3) is 0 Å². The van der Waals surface area contributed by atoms with Crippen molar-refractivity contribution >= 4 is 34.6 Å². The lowest BCUT2D eigenvalue weighted by molar-refractivity contribution is -0.138. The van der Waals surface area contributed by atoms with Gasteiger partial charge in [-0.1, -0.05) is 12.1 Å². The average Bonchev–Trinajstić information content (AvgIpc) is 3.37. The summed E-state index contributed by atoms with van der Waals surface area (Å²) in [7, 11) is 1.32. The molecule has 0 radical (unpaired) electrons. The number of aliphatic imine (C=N–C) groups is 1. The summed E-state index contributed by atoms with van der Waals surface area (Å²) in [5, 5.41) is 11.5. The van der Waals surface area contributed by atoms with Crippen LogP contribution in [0.2, 0.25) is 0 Å². The number of halogens is 5. The number of carbonyl (C=O) groups is 1. The van der Waals surface area contributed by atoms with Gasteiger partial charge in [-0.25, -0.2) is 13.8 Å². The summed E-state index contributed by atoms with van der Waals surface area (Å²) >= 11 is 1.26. The minimum Gasteiger partial charge on any atom is -0.495 e. The van der Waals surface area contributed by atoms with E-state index in [1.165, 1.54) is 53.7 Å². The summed E-state index contributed by atoms with van der Waals surface area (Å²) in [4.78, 5) is 20.5. The van der Waals surface area contributed by atoms with Crippen molar-refractivity contribution in [2.45, 2.75) is 37.1 Å². The number of thiophene rings is 1. The Bertz CT molecular complexity index is 1400. The molecular weight excluding hydrogens is 541 g/mol. The van der Waals surface area contributed by atoms with Crippen LogP contribution in [0.3, 0.4) is 0 Å². The van der Waals surface area contributed by atoms with Crippen LogP contribution < -0.4 is 9.64 Å². The summed E-state index contributed by atoms with van der Waals surface area (Å²) in [5.74, 6) is -1.30. The quantitative estimate of drug-likeness (QED) is 0.341. The number of guanidine groups is 1. The van der Waals surface area contributed by atoms with E-state index in [4.69, 9.17) is 9.73 Å². The van der Waals surface area contributed by atoms with E-state index >= 15 is 4.39 Å². The van der Waals surface area contributed by atoms with Crippen molar-refractivity contribution in [3.8, 4) is 5.75 Å². The highest BCUT2D eigenvalue weighted by atomic mass is 32.1. The molecule has 1 N–H and O–H groups in total. The largest absolute Gasteiger partial charge is 0.495 e. The van der Waals surface area contributed by atoms with Crippen molar-refractivity contribution in [2.24, 2.45) is 4.99 Å². The standard InChI is InChI=1S/C27H24F5N3O3S/c1-38-22-7-4-17(27(30,31)32)14-20(22)35-21(15-23(36)37)24-19(8-13-39-24)33-25(35)34-11-9-26(29,10-12-34)16-2-5-18(28)6-3-16/h2-8,13-14,21H,9-12,15H2,1H3,(H,36,37)/t21-/m0/s1. The van der Waals surface area contributed by atoms with Crippen LogP contribution in [0.4, 0.5) is 33.3 Å². The molecule has 2 aromatic carbocycles. The number of carboxylic acid groups (broad SMARTS) is 1. The van der Waals surface area contributed by atoms with Gasteiger partial charge in [-0.2, -0.15) is 13.2 Å². The van der Waals surface area contributed by atoms with Gasteiger partial charge in [-0.05, 0) is 47.3 Å². The zero-order chi connectivity index (χ0) is 27.9. The Hall–Kier alpha value is -3.67. The van der Waals surface area contributed by atoms with Gasteiger partial charge >= 0.3 is 12.1 Å². The van der Waals surface area contributed by atoms with E-state index in [2.05, 4.69) is 0 Å². The third-order valence-corrected chi connectivity index (χ3v) is 8.07. The number of likely N-dealkylation sites (tertiary alicyclic amines) is 1. The fraction of sp³-hybridized carbons (Fsp3) is 0.333. The van der Waals surface area contributed by atoms with Crippen LogP contribution in [0, 0.1) is 5.82 Å². The molecule has 0 amide bonds. The minimum absolute atomic E-state index is 0.00648. The van der Waals surface area contributed by atoms with Crippen LogP contribution in [-0.4, -0.2) is 42.1 Å². The number of fused-ring (bicyclic) bond motifs is 1. The molecule has 5 rings (SSSR count). The van der Waals surface area contributed by atoms with Gasteiger partial charge in [0.1, 0.15) is 17.2 Å². The number of rotatable bonds is 5. The van der Waals surface area contributed by atoms with E-state index in [1.807, 2.05) is 0 Å². The monoisotopic (exact) mass is 565 g/mol. The van der Waals surface area contributed by atoms with Crippen molar-refractivity contribution in [2.75, 3.05) is 25.1 Å². The average molecular weight is 566 g/mol. The number of nitrogens with zero attached hydrogens (tertiary/aromatic N) is 3. The minimum atomic E-state index is -4.65. The molecule has 1 aromatic heterocycles. The van der Waals surface area contributed by atoms with Gasteiger partial charge in [0.15, 0.2) is 0 Å². The number of anilines is 1. The number of alkyl halides is 4. The predicted molar refractivity (Wildman–Crippen MR) is 137 cm³/mol. The van der Waals surface area contributed by atoms with Crippen molar-refractivity contribution in [3.63, 3.8) is 0 Å². The number of methoxy groups -OCH3 is 1. The molecule has 39 heavy (non-hydrogen) atoms. The lowest BCUT2D eigenvalue weighted by atomic mass is 9.86. The van der Waals surface area contributed by atoms with Crippen molar-refractivity contribution in [1.29, 1.82) is 0 Å². The third-order valence-electron chi connectivity index (χ3n) is 7.06. The van der Waals surface area contributed by atoms with Gasteiger partial charge < -0.3 is 14.7 Å². The summed E-state index contributed by atoms with van der Waals surface area (Å²) in [6, 6.07) is 9.06.